The van der Waals surface area contributed by atoms with Gasteiger partial charge in [0.2, 0.25) is 0 Å². The van der Waals surface area contributed by atoms with Crippen molar-refractivity contribution in [2.45, 2.75) is 11.2 Å². The summed E-state index contributed by atoms with van der Waals surface area (Å²) in [6.45, 7) is 0. The molecular weight excluding hydrogens is 243 g/mol. The van der Waals surface area contributed by atoms with Crippen LogP contribution < -0.4 is 0 Å². The van der Waals surface area contributed by atoms with Gasteiger partial charge in [0.25, 0.3) is 0 Å². The van der Waals surface area contributed by atoms with Gasteiger partial charge in [-0.3, -0.25) is 0 Å². The summed E-state index contributed by atoms with van der Waals surface area (Å²) < 4.78 is 41.6. The molecule has 0 atom stereocenters. The van der Waals surface area contributed by atoms with Gasteiger partial charge in [-0.1, -0.05) is 0 Å². The average Bonchev–Trinajstić information content (AvgIpc) is 2.26. The van der Waals surface area contributed by atoms with Crippen LogP contribution in [0, 0.1) is 0 Å². The quantitative estimate of drug-likeness (QED) is 0.598. The molecule has 0 unspecified atom stereocenters. The fourth-order valence-electron chi connectivity index (χ4n) is 0.991. The molecule has 16 heavy (non-hydrogen) atoms. The molecule has 1 aromatic heterocycles. The maximum absolute atomic E-state index is 12.4. The maximum atomic E-state index is 12.4. The summed E-state index contributed by atoms with van der Waals surface area (Å²) in [4.78, 5) is 14.5. The number of hydrogen-bond donors (Lipinski definition) is 0. The lowest BCUT2D eigenvalue weighted by Gasteiger charge is -2.09. The lowest BCUT2D eigenvalue weighted by Crippen LogP contribution is -2.11. The summed E-state index contributed by atoms with van der Waals surface area (Å²) >= 11 is 1.02. The standard InChI is InChI=1S/C9H8F3NO2S/c1-15-8(14)5-3-6(9(10,11)12)13-7(4-5)16-2/h3-4H,1-2H3. The normalized spacial score (nSPS) is 11.3. The minimum absolute atomic E-state index is 0.121. The molecule has 7 heteroatoms. The SMILES string of the molecule is COC(=O)c1cc(SC)nc(C(F)(F)F)c1. The topological polar surface area (TPSA) is 39.2 Å². The zero-order valence-corrected chi connectivity index (χ0v) is 9.28. The van der Waals surface area contributed by atoms with Crippen LogP contribution in [0.2, 0.25) is 0 Å². The second kappa shape index (κ2) is 4.73. The Balaban J connectivity index is 3.27. The molecule has 0 bridgehead atoms. The van der Waals surface area contributed by atoms with Gasteiger partial charge in [0.15, 0.2) is 0 Å². The third-order valence-electron chi connectivity index (χ3n) is 1.72. The number of ether oxygens (including phenoxy) is 1. The lowest BCUT2D eigenvalue weighted by atomic mass is 10.2. The van der Waals surface area contributed by atoms with Gasteiger partial charge < -0.3 is 4.74 Å². The number of thioether (sulfide) groups is 1. The van der Waals surface area contributed by atoms with Crippen molar-refractivity contribution >= 4 is 17.7 Å². The number of aromatic nitrogens is 1. The van der Waals surface area contributed by atoms with Crippen molar-refractivity contribution in [1.82, 2.24) is 4.98 Å². The smallest absolute Gasteiger partial charge is 0.433 e. The van der Waals surface area contributed by atoms with E-state index in [-0.39, 0.29) is 10.6 Å². The number of carbonyl (C=O) groups excluding carboxylic acids is 1. The number of carbonyl (C=O) groups is 1. The Morgan fingerprint density at radius 2 is 2.06 bits per heavy atom. The van der Waals surface area contributed by atoms with Crippen LogP contribution in [0.25, 0.3) is 0 Å². The van der Waals surface area contributed by atoms with Crippen LogP contribution in [0.3, 0.4) is 0 Å². The van der Waals surface area contributed by atoms with Crippen LogP contribution in [0.4, 0.5) is 13.2 Å². The molecule has 1 rings (SSSR count). The van der Waals surface area contributed by atoms with Gasteiger partial charge >= 0.3 is 12.1 Å². The summed E-state index contributed by atoms with van der Waals surface area (Å²) in [5.74, 6) is -0.816. The number of halogens is 3. The number of alkyl halides is 3. The highest BCUT2D eigenvalue weighted by Crippen LogP contribution is 2.30. The van der Waals surface area contributed by atoms with E-state index >= 15 is 0 Å². The van der Waals surface area contributed by atoms with Gasteiger partial charge in [-0.25, -0.2) is 9.78 Å². The Bertz CT molecular complexity index is 406. The molecule has 0 aliphatic carbocycles. The molecule has 88 valence electrons. The molecule has 1 aromatic rings. The number of pyridine rings is 1. The van der Waals surface area contributed by atoms with Gasteiger partial charge in [0.05, 0.1) is 17.7 Å². The minimum Gasteiger partial charge on any atom is -0.465 e. The van der Waals surface area contributed by atoms with E-state index < -0.39 is 17.8 Å². The largest absolute Gasteiger partial charge is 0.465 e. The first-order chi connectivity index (χ1) is 7.38. The summed E-state index contributed by atoms with van der Waals surface area (Å²) in [7, 11) is 1.11. The fourth-order valence-corrected chi connectivity index (χ4v) is 1.43. The zero-order chi connectivity index (χ0) is 12.3. The van der Waals surface area contributed by atoms with E-state index in [1.54, 1.807) is 6.26 Å². The minimum atomic E-state index is -4.57. The fraction of sp³-hybridized carbons (Fsp3) is 0.333. The van der Waals surface area contributed by atoms with E-state index in [0.717, 1.165) is 18.9 Å². The third-order valence-corrected chi connectivity index (χ3v) is 2.35. The summed E-state index contributed by atoms with van der Waals surface area (Å²) in [6.07, 6.45) is -3.00. The third kappa shape index (κ3) is 2.88. The molecule has 0 amide bonds. The maximum Gasteiger partial charge on any atom is 0.433 e. The molecule has 0 spiro atoms. The van der Waals surface area contributed by atoms with Gasteiger partial charge in [-0.15, -0.1) is 11.8 Å². The van der Waals surface area contributed by atoms with Crippen molar-refractivity contribution in [3.05, 3.63) is 23.4 Å². The van der Waals surface area contributed by atoms with Crippen LogP contribution in [-0.2, 0) is 10.9 Å². The molecular formula is C9H8F3NO2S. The molecule has 0 fully saturated rings. The molecule has 0 radical (unpaired) electrons. The molecule has 0 saturated heterocycles. The highest BCUT2D eigenvalue weighted by molar-refractivity contribution is 7.98. The highest BCUT2D eigenvalue weighted by atomic mass is 32.2. The second-order valence-corrected chi connectivity index (χ2v) is 3.60. The van der Waals surface area contributed by atoms with Crippen LogP contribution in [0.5, 0.6) is 0 Å². The Morgan fingerprint density at radius 3 is 2.50 bits per heavy atom. The Labute approximate surface area is 94.0 Å². The first kappa shape index (κ1) is 12.8. The summed E-state index contributed by atoms with van der Waals surface area (Å²) in [6, 6.07) is 1.93. The Kier molecular flexibility index (Phi) is 3.79. The van der Waals surface area contributed by atoms with Gasteiger partial charge in [0.1, 0.15) is 5.69 Å². The molecule has 1 heterocycles. The average molecular weight is 251 g/mol. The summed E-state index contributed by atoms with van der Waals surface area (Å²) in [5, 5.41) is 0.121. The summed E-state index contributed by atoms with van der Waals surface area (Å²) in [5.41, 5.74) is -1.26. The lowest BCUT2D eigenvalue weighted by molar-refractivity contribution is -0.141. The van der Waals surface area contributed by atoms with Gasteiger partial charge in [0, 0.05) is 0 Å². The van der Waals surface area contributed by atoms with E-state index in [2.05, 4.69) is 9.72 Å². The van der Waals surface area contributed by atoms with E-state index in [1.807, 2.05) is 0 Å². The second-order valence-electron chi connectivity index (χ2n) is 2.77. The number of hydrogen-bond acceptors (Lipinski definition) is 4. The van der Waals surface area contributed by atoms with Crippen molar-refractivity contribution in [1.29, 1.82) is 0 Å². The molecule has 0 aromatic carbocycles. The molecule has 0 N–H and O–H groups in total. The van der Waals surface area contributed by atoms with Crippen LogP contribution in [0.15, 0.2) is 17.2 Å². The molecule has 0 aliphatic rings. The molecule has 0 aliphatic heterocycles. The number of esters is 1. The van der Waals surface area contributed by atoms with Crippen LogP contribution in [-0.4, -0.2) is 24.3 Å². The predicted octanol–water partition coefficient (Wildman–Crippen LogP) is 2.61. The van der Waals surface area contributed by atoms with E-state index in [9.17, 15) is 18.0 Å². The van der Waals surface area contributed by atoms with Crippen molar-refractivity contribution < 1.29 is 22.7 Å². The van der Waals surface area contributed by atoms with E-state index in [1.165, 1.54) is 6.07 Å². The zero-order valence-electron chi connectivity index (χ0n) is 8.46. The number of rotatable bonds is 2. The van der Waals surface area contributed by atoms with Crippen molar-refractivity contribution in [3.63, 3.8) is 0 Å². The Hall–Kier alpha value is -1.24. The van der Waals surface area contributed by atoms with Gasteiger partial charge in [-0.2, -0.15) is 13.2 Å². The monoisotopic (exact) mass is 251 g/mol. The van der Waals surface area contributed by atoms with Crippen molar-refractivity contribution in [2.75, 3.05) is 13.4 Å². The van der Waals surface area contributed by atoms with Crippen LogP contribution in [0.1, 0.15) is 16.1 Å². The first-order valence-corrected chi connectivity index (χ1v) is 5.32. The highest BCUT2D eigenvalue weighted by Gasteiger charge is 2.33. The first-order valence-electron chi connectivity index (χ1n) is 4.10. The van der Waals surface area contributed by atoms with E-state index in [0.29, 0.717) is 6.07 Å². The molecule has 0 saturated carbocycles. The number of nitrogens with zero attached hydrogens (tertiary/aromatic N) is 1. The van der Waals surface area contributed by atoms with Crippen LogP contribution >= 0.6 is 11.8 Å². The van der Waals surface area contributed by atoms with Crippen molar-refractivity contribution in [3.8, 4) is 0 Å². The Morgan fingerprint density at radius 1 is 1.44 bits per heavy atom. The van der Waals surface area contributed by atoms with E-state index in [4.69, 9.17) is 0 Å². The van der Waals surface area contributed by atoms with Gasteiger partial charge in [-0.05, 0) is 18.4 Å². The predicted molar refractivity (Wildman–Crippen MR) is 52.4 cm³/mol. The molecule has 3 nitrogen and oxygen atoms in total. The van der Waals surface area contributed by atoms with Crippen molar-refractivity contribution in [2.24, 2.45) is 0 Å². The number of methoxy groups -OCH3 is 1.